The summed E-state index contributed by atoms with van der Waals surface area (Å²) in [6.45, 7) is 14.2. The van der Waals surface area contributed by atoms with Gasteiger partial charge in [-0.25, -0.2) is 0 Å². The van der Waals surface area contributed by atoms with E-state index in [1.165, 1.54) is 51.4 Å². The van der Waals surface area contributed by atoms with Crippen molar-refractivity contribution < 1.29 is 0 Å². The van der Waals surface area contributed by atoms with E-state index < -0.39 is 0 Å². The van der Waals surface area contributed by atoms with Crippen molar-refractivity contribution in [3.05, 3.63) is 0 Å². The van der Waals surface area contributed by atoms with Gasteiger partial charge in [0.15, 0.2) is 0 Å². The second-order valence-corrected chi connectivity index (χ2v) is 7.44. The highest BCUT2D eigenvalue weighted by Crippen LogP contribution is 2.21. The molecular weight excluding hydrogens is 216 g/mol. The van der Waals surface area contributed by atoms with Gasteiger partial charge < -0.3 is 0 Å². The summed E-state index contributed by atoms with van der Waals surface area (Å²) in [6.07, 6.45) is 11.5. The monoisotopic (exact) mass is 254 g/mol. The Bertz CT molecular complexity index is 169. The maximum Gasteiger partial charge on any atom is -0.0443 e. The molecule has 0 amide bonds. The summed E-state index contributed by atoms with van der Waals surface area (Å²) in [5.41, 5.74) is 0. The van der Waals surface area contributed by atoms with E-state index in [-0.39, 0.29) is 0 Å². The molecule has 110 valence electrons. The number of hydrogen-bond acceptors (Lipinski definition) is 0. The van der Waals surface area contributed by atoms with Crippen LogP contribution in [0, 0.1) is 23.7 Å². The maximum atomic E-state index is 2.44. The third kappa shape index (κ3) is 12.5. The van der Waals surface area contributed by atoms with E-state index in [1.54, 1.807) is 0 Å². The van der Waals surface area contributed by atoms with Crippen LogP contribution in [-0.2, 0) is 0 Å². The molecule has 0 nitrogen and oxygen atoms in total. The van der Waals surface area contributed by atoms with Crippen LogP contribution in [0.1, 0.15) is 92.9 Å². The van der Waals surface area contributed by atoms with Crippen molar-refractivity contribution in [2.24, 2.45) is 23.7 Å². The third-order valence-electron chi connectivity index (χ3n) is 4.11. The standard InChI is InChI=1S/C18H38/c1-15(2)9-7-10-17(5)11-8-12-18(6)14-13-16(3)4/h15-18H,7-14H2,1-6H3/t17-,18-/m1/s1. The van der Waals surface area contributed by atoms with Crippen molar-refractivity contribution in [2.75, 3.05) is 0 Å². The SMILES string of the molecule is CC(C)CCC[C@@H](C)CCC[C@@H](C)CCC(C)C. The Kier molecular flexibility index (Phi) is 10.9. The van der Waals surface area contributed by atoms with E-state index in [4.69, 9.17) is 0 Å². The molecule has 0 rings (SSSR count). The first-order valence-corrected chi connectivity index (χ1v) is 8.41. The number of rotatable bonds is 11. The van der Waals surface area contributed by atoms with Crippen molar-refractivity contribution in [1.29, 1.82) is 0 Å². The molecule has 18 heavy (non-hydrogen) atoms. The van der Waals surface area contributed by atoms with Crippen LogP contribution < -0.4 is 0 Å². The minimum absolute atomic E-state index is 0.877. The lowest BCUT2D eigenvalue weighted by atomic mass is 9.91. The van der Waals surface area contributed by atoms with E-state index in [9.17, 15) is 0 Å². The quantitative estimate of drug-likeness (QED) is 0.385. The topological polar surface area (TPSA) is 0 Å². The Hall–Kier alpha value is 0. The van der Waals surface area contributed by atoms with Crippen molar-refractivity contribution in [1.82, 2.24) is 0 Å². The molecule has 0 spiro atoms. The molecule has 0 aliphatic rings. The van der Waals surface area contributed by atoms with Crippen molar-refractivity contribution in [2.45, 2.75) is 92.9 Å². The third-order valence-corrected chi connectivity index (χ3v) is 4.11. The number of hydrogen-bond donors (Lipinski definition) is 0. The zero-order valence-corrected chi connectivity index (χ0v) is 14.0. The van der Waals surface area contributed by atoms with E-state index >= 15 is 0 Å². The molecule has 0 saturated carbocycles. The summed E-state index contributed by atoms with van der Waals surface area (Å²) in [6, 6.07) is 0. The fraction of sp³-hybridized carbons (Fsp3) is 1.00. The molecule has 0 aromatic heterocycles. The highest BCUT2D eigenvalue weighted by molar-refractivity contribution is 4.60. The smallest absolute Gasteiger partial charge is 0.0443 e. The van der Waals surface area contributed by atoms with Crippen molar-refractivity contribution in [3.63, 3.8) is 0 Å². The Morgan fingerprint density at radius 2 is 0.833 bits per heavy atom. The first-order valence-electron chi connectivity index (χ1n) is 8.41. The van der Waals surface area contributed by atoms with Gasteiger partial charge in [0.25, 0.3) is 0 Å². The molecule has 0 aromatic rings. The molecule has 0 aromatic carbocycles. The zero-order valence-electron chi connectivity index (χ0n) is 14.0. The summed E-state index contributed by atoms with van der Waals surface area (Å²) in [5.74, 6) is 3.65. The van der Waals surface area contributed by atoms with E-state index in [0.29, 0.717) is 0 Å². The van der Waals surface area contributed by atoms with Crippen LogP contribution >= 0.6 is 0 Å². The predicted octanol–water partition coefficient (Wildman–Crippen LogP) is 6.69. The summed E-state index contributed by atoms with van der Waals surface area (Å²) < 4.78 is 0. The van der Waals surface area contributed by atoms with Crippen LogP contribution in [0.15, 0.2) is 0 Å². The second kappa shape index (κ2) is 10.9. The minimum atomic E-state index is 0.877. The van der Waals surface area contributed by atoms with E-state index in [0.717, 1.165) is 23.7 Å². The molecule has 0 fully saturated rings. The van der Waals surface area contributed by atoms with Crippen LogP contribution in [0.4, 0.5) is 0 Å². The predicted molar refractivity (Wildman–Crippen MR) is 84.9 cm³/mol. The van der Waals surface area contributed by atoms with Crippen LogP contribution in [0.5, 0.6) is 0 Å². The maximum absolute atomic E-state index is 2.44. The zero-order chi connectivity index (χ0) is 14.0. The largest absolute Gasteiger partial charge is 0.0628 e. The van der Waals surface area contributed by atoms with Gasteiger partial charge in [-0.3, -0.25) is 0 Å². The second-order valence-electron chi connectivity index (χ2n) is 7.44. The average Bonchev–Trinajstić information content (AvgIpc) is 2.25. The van der Waals surface area contributed by atoms with Gasteiger partial charge in [0.2, 0.25) is 0 Å². The lowest BCUT2D eigenvalue weighted by Gasteiger charge is -2.15. The van der Waals surface area contributed by atoms with Gasteiger partial charge in [-0.15, -0.1) is 0 Å². The Labute approximate surface area is 117 Å². The molecule has 0 saturated heterocycles. The summed E-state index contributed by atoms with van der Waals surface area (Å²) in [5, 5.41) is 0. The van der Waals surface area contributed by atoms with Gasteiger partial charge in [0, 0.05) is 0 Å². The molecule has 0 bridgehead atoms. The van der Waals surface area contributed by atoms with Crippen LogP contribution in [0.3, 0.4) is 0 Å². The molecular formula is C18H38. The molecule has 0 radical (unpaired) electrons. The minimum Gasteiger partial charge on any atom is -0.0628 e. The van der Waals surface area contributed by atoms with Gasteiger partial charge in [-0.2, -0.15) is 0 Å². The molecule has 0 aliphatic heterocycles. The van der Waals surface area contributed by atoms with Gasteiger partial charge in [0.1, 0.15) is 0 Å². The lowest BCUT2D eigenvalue weighted by Crippen LogP contribution is -2.01. The summed E-state index contributed by atoms with van der Waals surface area (Å²) in [4.78, 5) is 0. The first kappa shape index (κ1) is 18.0. The highest BCUT2D eigenvalue weighted by Gasteiger charge is 2.07. The fourth-order valence-electron chi connectivity index (χ4n) is 2.60. The molecule has 0 N–H and O–H groups in total. The summed E-state index contributed by atoms with van der Waals surface area (Å²) in [7, 11) is 0. The summed E-state index contributed by atoms with van der Waals surface area (Å²) >= 11 is 0. The van der Waals surface area contributed by atoms with Gasteiger partial charge in [-0.05, 0) is 23.7 Å². The highest BCUT2D eigenvalue weighted by atomic mass is 14.1. The Morgan fingerprint density at radius 1 is 0.444 bits per heavy atom. The fourth-order valence-corrected chi connectivity index (χ4v) is 2.60. The molecule has 0 aliphatic carbocycles. The lowest BCUT2D eigenvalue weighted by molar-refractivity contribution is 0.376. The van der Waals surface area contributed by atoms with E-state index in [2.05, 4.69) is 41.5 Å². The van der Waals surface area contributed by atoms with E-state index in [1.807, 2.05) is 0 Å². The molecule has 0 heteroatoms. The average molecular weight is 255 g/mol. The molecule has 0 unspecified atom stereocenters. The van der Waals surface area contributed by atoms with Crippen molar-refractivity contribution in [3.8, 4) is 0 Å². The molecule has 0 heterocycles. The Balaban J connectivity index is 3.40. The van der Waals surface area contributed by atoms with Crippen molar-refractivity contribution >= 4 is 0 Å². The normalized spacial score (nSPS) is 15.3. The molecule has 2 atom stereocenters. The first-order chi connectivity index (χ1) is 8.41. The van der Waals surface area contributed by atoms with Crippen LogP contribution in [0.2, 0.25) is 0 Å². The van der Waals surface area contributed by atoms with Gasteiger partial charge in [0.05, 0.1) is 0 Å². The van der Waals surface area contributed by atoms with Gasteiger partial charge >= 0.3 is 0 Å². The van der Waals surface area contributed by atoms with Gasteiger partial charge in [-0.1, -0.05) is 92.9 Å². The van der Waals surface area contributed by atoms with Crippen LogP contribution in [-0.4, -0.2) is 0 Å². The van der Waals surface area contributed by atoms with Crippen LogP contribution in [0.25, 0.3) is 0 Å². The Morgan fingerprint density at radius 3 is 1.28 bits per heavy atom.